The van der Waals surface area contributed by atoms with Crippen molar-refractivity contribution in [3.63, 3.8) is 0 Å². The van der Waals surface area contributed by atoms with Crippen LogP contribution < -0.4 is 4.90 Å². The van der Waals surface area contributed by atoms with Crippen molar-refractivity contribution in [3.05, 3.63) is 233 Å². The third kappa shape index (κ3) is 5.23. The minimum absolute atomic E-state index is 0.519. The van der Waals surface area contributed by atoms with E-state index in [2.05, 4.69) is 227 Å². The zero-order chi connectivity index (χ0) is 34.2. The Hall–Kier alpha value is -5.96. The summed E-state index contributed by atoms with van der Waals surface area (Å²) in [6, 6.07) is 74.7. The Labute approximate surface area is 308 Å². The third-order valence-corrected chi connectivity index (χ3v) is 10.9. The summed E-state index contributed by atoms with van der Waals surface area (Å²) < 4.78 is 1.11. The van der Waals surface area contributed by atoms with Gasteiger partial charge in [0.15, 0.2) is 0 Å². The van der Waals surface area contributed by atoms with Gasteiger partial charge in [-0.15, -0.1) is 0 Å². The maximum absolute atomic E-state index is 3.96. The molecule has 9 rings (SSSR count). The van der Waals surface area contributed by atoms with Gasteiger partial charge in [-0.25, -0.2) is 0 Å². The standard InChI is InChI=1S/C49H34BrN/c50-46-28-15-27-45-48(46)43-25-10-12-26-44(43)49(45,38-20-8-3-9-21-38)39-22-14-23-41(34-39)51(40-32-30-36(31-33-40)35-16-4-1-5-17-35)47-29-13-11-24-42(47)37-18-6-2-7-19-37/h1-34H. The van der Waals surface area contributed by atoms with E-state index in [4.69, 9.17) is 0 Å². The first kappa shape index (κ1) is 31.1. The number of halogens is 1. The first-order chi connectivity index (χ1) is 25.2. The average molecular weight is 717 g/mol. The van der Waals surface area contributed by atoms with E-state index >= 15 is 0 Å². The topological polar surface area (TPSA) is 3.24 Å². The van der Waals surface area contributed by atoms with Crippen LogP contribution in [0, 0.1) is 0 Å². The fourth-order valence-electron chi connectivity index (χ4n) is 8.03. The smallest absolute Gasteiger partial charge is 0.0714 e. The Morgan fingerprint density at radius 3 is 1.67 bits per heavy atom. The summed E-state index contributed by atoms with van der Waals surface area (Å²) in [5.41, 5.74) is 15.1. The normalized spacial score (nSPS) is 14.5. The molecule has 1 nitrogen and oxygen atoms in total. The lowest BCUT2D eigenvalue weighted by Gasteiger charge is -2.35. The maximum Gasteiger partial charge on any atom is 0.0714 e. The molecule has 242 valence electrons. The van der Waals surface area contributed by atoms with E-state index in [9.17, 15) is 0 Å². The van der Waals surface area contributed by atoms with E-state index in [1.165, 1.54) is 55.6 Å². The van der Waals surface area contributed by atoms with Crippen molar-refractivity contribution >= 4 is 33.0 Å². The molecule has 0 aliphatic heterocycles. The first-order valence-electron chi connectivity index (χ1n) is 17.4. The molecule has 0 amide bonds. The largest absolute Gasteiger partial charge is 0.310 e. The number of hydrogen-bond acceptors (Lipinski definition) is 1. The highest BCUT2D eigenvalue weighted by atomic mass is 79.9. The molecule has 1 aliphatic carbocycles. The SMILES string of the molecule is Brc1cccc2c1-c1ccccc1C2(c1ccccc1)c1cccc(N(c2ccc(-c3ccccc3)cc2)c2ccccc2-c2ccccc2)c1. The number of benzene rings is 8. The second-order valence-electron chi connectivity index (χ2n) is 13.0. The number of hydrogen-bond donors (Lipinski definition) is 0. The Kier molecular flexibility index (Phi) is 7.95. The molecule has 0 saturated carbocycles. The Morgan fingerprint density at radius 2 is 0.922 bits per heavy atom. The van der Waals surface area contributed by atoms with Crippen LogP contribution in [0.1, 0.15) is 22.3 Å². The molecule has 0 fully saturated rings. The zero-order valence-electron chi connectivity index (χ0n) is 28.0. The van der Waals surface area contributed by atoms with E-state index in [1.807, 2.05) is 0 Å². The van der Waals surface area contributed by atoms with Crippen LogP contribution in [0.5, 0.6) is 0 Å². The molecule has 1 aliphatic rings. The van der Waals surface area contributed by atoms with Crippen LogP contribution in [0.15, 0.2) is 211 Å². The van der Waals surface area contributed by atoms with Gasteiger partial charge in [-0.05, 0) is 80.9 Å². The van der Waals surface area contributed by atoms with Crippen LogP contribution in [-0.2, 0) is 5.41 Å². The van der Waals surface area contributed by atoms with Crippen molar-refractivity contribution in [2.45, 2.75) is 5.41 Å². The third-order valence-electron chi connectivity index (χ3n) is 10.2. The highest BCUT2D eigenvalue weighted by molar-refractivity contribution is 9.10. The summed E-state index contributed by atoms with van der Waals surface area (Å²) in [6.07, 6.45) is 0. The van der Waals surface area contributed by atoms with E-state index in [0.717, 1.165) is 21.5 Å². The van der Waals surface area contributed by atoms with Gasteiger partial charge in [0.1, 0.15) is 0 Å². The molecule has 0 radical (unpaired) electrons. The molecule has 1 unspecified atom stereocenters. The van der Waals surface area contributed by atoms with Gasteiger partial charge in [0.25, 0.3) is 0 Å². The predicted molar refractivity (Wildman–Crippen MR) is 217 cm³/mol. The molecule has 2 heteroatoms. The van der Waals surface area contributed by atoms with Crippen LogP contribution in [0.25, 0.3) is 33.4 Å². The molecule has 8 aromatic carbocycles. The summed E-state index contributed by atoms with van der Waals surface area (Å²) in [5, 5.41) is 0. The van der Waals surface area contributed by atoms with Crippen LogP contribution in [0.2, 0.25) is 0 Å². The van der Waals surface area contributed by atoms with Crippen LogP contribution in [0.4, 0.5) is 17.1 Å². The van der Waals surface area contributed by atoms with Gasteiger partial charge in [0.2, 0.25) is 0 Å². The number of anilines is 3. The molecule has 0 saturated heterocycles. The van der Waals surface area contributed by atoms with E-state index in [1.54, 1.807) is 0 Å². The van der Waals surface area contributed by atoms with Gasteiger partial charge >= 0.3 is 0 Å². The molecular formula is C49H34BrN. The van der Waals surface area contributed by atoms with Gasteiger partial charge in [0, 0.05) is 27.0 Å². The van der Waals surface area contributed by atoms with Crippen LogP contribution in [0.3, 0.4) is 0 Å². The second kappa shape index (κ2) is 13.1. The van der Waals surface area contributed by atoms with Gasteiger partial charge < -0.3 is 4.90 Å². The van der Waals surface area contributed by atoms with Crippen molar-refractivity contribution in [1.29, 1.82) is 0 Å². The first-order valence-corrected chi connectivity index (χ1v) is 18.2. The molecule has 51 heavy (non-hydrogen) atoms. The van der Waals surface area contributed by atoms with Crippen LogP contribution in [-0.4, -0.2) is 0 Å². The lowest BCUT2D eigenvalue weighted by Crippen LogP contribution is -2.28. The Balaban J connectivity index is 1.30. The zero-order valence-corrected chi connectivity index (χ0v) is 29.5. The average Bonchev–Trinajstić information content (AvgIpc) is 3.52. The van der Waals surface area contributed by atoms with Crippen molar-refractivity contribution in [2.24, 2.45) is 0 Å². The van der Waals surface area contributed by atoms with Gasteiger partial charge in [-0.1, -0.05) is 186 Å². The fraction of sp³-hybridized carbons (Fsp3) is 0.0204. The van der Waals surface area contributed by atoms with Crippen molar-refractivity contribution in [2.75, 3.05) is 4.90 Å². The molecule has 0 heterocycles. The summed E-state index contributed by atoms with van der Waals surface area (Å²) in [4.78, 5) is 2.42. The Bertz CT molecular complexity index is 2470. The Morgan fingerprint density at radius 1 is 0.373 bits per heavy atom. The maximum atomic E-state index is 3.96. The highest BCUT2D eigenvalue weighted by Gasteiger charge is 2.46. The molecule has 8 aromatic rings. The molecule has 0 aromatic heterocycles. The number of nitrogens with zero attached hydrogens (tertiary/aromatic N) is 1. The summed E-state index contributed by atoms with van der Waals surface area (Å²) in [6.45, 7) is 0. The molecule has 0 spiro atoms. The molecular weight excluding hydrogens is 682 g/mol. The summed E-state index contributed by atoms with van der Waals surface area (Å²) >= 11 is 3.96. The minimum atomic E-state index is -0.519. The minimum Gasteiger partial charge on any atom is -0.310 e. The van der Waals surface area contributed by atoms with Gasteiger partial charge in [-0.2, -0.15) is 0 Å². The molecule has 1 atom stereocenters. The monoisotopic (exact) mass is 715 g/mol. The number of fused-ring (bicyclic) bond motifs is 3. The van der Waals surface area contributed by atoms with E-state index in [-0.39, 0.29) is 0 Å². The summed E-state index contributed by atoms with van der Waals surface area (Å²) in [5.74, 6) is 0. The van der Waals surface area contributed by atoms with Gasteiger partial charge in [0.05, 0.1) is 11.1 Å². The van der Waals surface area contributed by atoms with E-state index < -0.39 is 5.41 Å². The van der Waals surface area contributed by atoms with E-state index in [0.29, 0.717) is 0 Å². The van der Waals surface area contributed by atoms with Crippen molar-refractivity contribution in [1.82, 2.24) is 0 Å². The molecule has 0 N–H and O–H groups in total. The summed E-state index contributed by atoms with van der Waals surface area (Å²) in [7, 11) is 0. The fourth-order valence-corrected chi connectivity index (χ4v) is 8.61. The van der Waals surface area contributed by atoms with Crippen molar-refractivity contribution in [3.8, 4) is 33.4 Å². The second-order valence-corrected chi connectivity index (χ2v) is 13.9. The lowest BCUT2D eigenvalue weighted by molar-refractivity contribution is 0.768. The number of rotatable bonds is 7. The van der Waals surface area contributed by atoms with Crippen LogP contribution >= 0.6 is 15.9 Å². The predicted octanol–water partition coefficient (Wildman–Crippen LogP) is 13.6. The van der Waals surface area contributed by atoms with Gasteiger partial charge in [-0.3, -0.25) is 0 Å². The lowest BCUT2D eigenvalue weighted by atomic mass is 9.67. The van der Waals surface area contributed by atoms with Crippen molar-refractivity contribution < 1.29 is 0 Å². The quantitative estimate of drug-likeness (QED) is 0.159. The highest BCUT2D eigenvalue weighted by Crippen LogP contribution is 2.58. The number of para-hydroxylation sites is 1. The molecule has 0 bridgehead atoms.